The van der Waals surface area contributed by atoms with Gasteiger partial charge < -0.3 is 14.8 Å². The van der Waals surface area contributed by atoms with Crippen LogP contribution in [0.25, 0.3) is 11.3 Å². The molecule has 0 spiro atoms. The summed E-state index contributed by atoms with van der Waals surface area (Å²) in [5.41, 5.74) is 1.39. The Kier molecular flexibility index (Phi) is 6.41. The van der Waals surface area contributed by atoms with Crippen molar-refractivity contribution in [1.82, 2.24) is 4.98 Å². The molecule has 1 N–H and O–H groups in total. The molecule has 0 bridgehead atoms. The van der Waals surface area contributed by atoms with Gasteiger partial charge in [0.2, 0.25) is 5.91 Å². The van der Waals surface area contributed by atoms with Gasteiger partial charge in [-0.15, -0.1) is 11.3 Å². The van der Waals surface area contributed by atoms with E-state index in [-0.39, 0.29) is 4.90 Å². The van der Waals surface area contributed by atoms with Gasteiger partial charge in [0.05, 0.1) is 24.8 Å². The van der Waals surface area contributed by atoms with Crippen LogP contribution >= 0.6 is 22.9 Å². The Bertz CT molecular complexity index is 1130. The van der Waals surface area contributed by atoms with Crippen LogP contribution < -0.4 is 14.8 Å². The van der Waals surface area contributed by atoms with Crippen LogP contribution in [-0.4, -0.2) is 39.3 Å². The van der Waals surface area contributed by atoms with Crippen molar-refractivity contribution in [3.8, 4) is 22.8 Å². The van der Waals surface area contributed by atoms with E-state index in [1.807, 2.05) is 6.07 Å². The Labute approximate surface area is 177 Å². The van der Waals surface area contributed by atoms with Crippen LogP contribution in [0.15, 0.2) is 52.7 Å². The Morgan fingerprint density at radius 1 is 1.10 bits per heavy atom. The fourth-order valence-electron chi connectivity index (χ4n) is 2.51. The predicted octanol–water partition coefficient (Wildman–Crippen LogP) is 3.89. The third kappa shape index (κ3) is 5.06. The molecule has 0 aliphatic carbocycles. The smallest absolute Gasteiger partial charge is 0.241 e. The summed E-state index contributed by atoms with van der Waals surface area (Å²) in [6, 6.07) is 11.0. The first-order valence-corrected chi connectivity index (χ1v) is 11.2. The fraction of sp³-hybridized carbons (Fsp3) is 0.158. The summed E-state index contributed by atoms with van der Waals surface area (Å²) in [7, 11) is -0.698. The van der Waals surface area contributed by atoms with Crippen LogP contribution in [0.1, 0.15) is 0 Å². The average molecular weight is 453 g/mol. The molecule has 0 saturated carbocycles. The third-order valence-corrected chi connectivity index (χ3v) is 6.57. The highest BCUT2D eigenvalue weighted by Crippen LogP contribution is 2.33. The van der Waals surface area contributed by atoms with Crippen molar-refractivity contribution in [2.24, 2.45) is 0 Å². The molecule has 0 fully saturated rings. The average Bonchev–Trinajstić information content (AvgIpc) is 3.15. The standard InChI is InChI=1S/C19H17ClN2O5S2/c1-26-16-8-3-12(9-17(16)27-2)15-10-28-19(21-15)22-18(23)11-29(24,25)14-6-4-13(20)5-7-14/h3-10H,11H2,1-2H3,(H,21,22,23). The van der Waals surface area contributed by atoms with Crippen molar-refractivity contribution < 1.29 is 22.7 Å². The van der Waals surface area contributed by atoms with Gasteiger partial charge >= 0.3 is 0 Å². The first-order valence-electron chi connectivity index (χ1n) is 8.28. The van der Waals surface area contributed by atoms with Crippen molar-refractivity contribution in [2.45, 2.75) is 4.90 Å². The molecule has 0 aliphatic heterocycles. The van der Waals surface area contributed by atoms with Crippen molar-refractivity contribution in [2.75, 3.05) is 25.3 Å². The molecule has 2 aromatic carbocycles. The van der Waals surface area contributed by atoms with Crippen molar-refractivity contribution in [3.63, 3.8) is 0 Å². The molecule has 0 aliphatic rings. The van der Waals surface area contributed by atoms with E-state index >= 15 is 0 Å². The minimum absolute atomic E-state index is 0.0298. The Morgan fingerprint density at radius 3 is 2.45 bits per heavy atom. The van der Waals surface area contributed by atoms with Crippen LogP contribution in [0.5, 0.6) is 11.5 Å². The Morgan fingerprint density at radius 2 is 1.79 bits per heavy atom. The van der Waals surface area contributed by atoms with Gasteiger partial charge in [-0.05, 0) is 42.5 Å². The first-order chi connectivity index (χ1) is 13.8. The van der Waals surface area contributed by atoms with E-state index in [1.54, 1.807) is 24.6 Å². The van der Waals surface area contributed by atoms with Crippen LogP contribution in [-0.2, 0) is 14.6 Å². The molecule has 3 rings (SSSR count). The number of carbonyl (C=O) groups is 1. The molecule has 0 atom stereocenters. The maximum absolute atomic E-state index is 12.4. The second-order valence-corrected chi connectivity index (χ2v) is 9.15. The number of methoxy groups -OCH3 is 2. The van der Waals surface area contributed by atoms with Gasteiger partial charge in [0, 0.05) is 16.0 Å². The molecular weight excluding hydrogens is 436 g/mol. The maximum atomic E-state index is 12.4. The zero-order valence-corrected chi connectivity index (χ0v) is 17.9. The summed E-state index contributed by atoms with van der Waals surface area (Å²) < 4.78 is 35.2. The van der Waals surface area contributed by atoms with Crippen LogP contribution in [0.3, 0.4) is 0 Å². The second-order valence-electron chi connectivity index (χ2n) is 5.87. The highest BCUT2D eigenvalue weighted by Gasteiger charge is 2.20. The molecule has 1 aromatic heterocycles. The largest absolute Gasteiger partial charge is 0.493 e. The second kappa shape index (κ2) is 8.81. The number of sulfone groups is 1. The van der Waals surface area contributed by atoms with Crippen LogP contribution in [0.4, 0.5) is 5.13 Å². The van der Waals surface area contributed by atoms with Crippen molar-refractivity contribution in [1.29, 1.82) is 0 Å². The molecule has 0 unspecified atom stereocenters. The number of thiazole rings is 1. The maximum Gasteiger partial charge on any atom is 0.241 e. The number of aromatic nitrogens is 1. The number of rotatable bonds is 7. The number of benzene rings is 2. The van der Waals surface area contributed by atoms with Gasteiger partial charge in [0.15, 0.2) is 26.5 Å². The van der Waals surface area contributed by atoms with Crippen molar-refractivity contribution in [3.05, 3.63) is 52.9 Å². The number of amides is 1. The zero-order valence-electron chi connectivity index (χ0n) is 15.5. The highest BCUT2D eigenvalue weighted by atomic mass is 35.5. The van der Waals surface area contributed by atoms with Gasteiger partial charge in [-0.3, -0.25) is 4.79 Å². The first kappa shape index (κ1) is 21.1. The summed E-state index contributed by atoms with van der Waals surface area (Å²) in [5.74, 6) is -0.224. The summed E-state index contributed by atoms with van der Waals surface area (Å²) in [6.07, 6.45) is 0. The van der Waals surface area contributed by atoms with E-state index in [9.17, 15) is 13.2 Å². The monoisotopic (exact) mass is 452 g/mol. The van der Waals surface area contributed by atoms with E-state index in [2.05, 4.69) is 10.3 Å². The molecule has 1 amide bonds. The normalized spacial score (nSPS) is 11.1. The Balaban J connectivity index is 1.71. The number of halogens is 1. The molecule has 29 heavy (non-hydrogen) atoms. The molecule has 7 nitrogen and oxygen atoms in total. The van der Waals surface area contributed by atoms with Gasteiger partial charge in [-0.25, -0.2) is 13.4 Å². The summed E-state index contributed by atoms with van der Waals surface area (Å²) in [6.45, 7) is 0. The quantitative estimate of drug-likeness (QED) is 0.584. The summed E-state index contributed by atoms with van der Waals surface area (Å²) in [5, 5.41) is 5.00. The zero-order chi connectivity index (χ0) is 21.0. The van der Waals surface area contributed by atoms with Gasteiger partial charge in [0.1, 0.15) is 5.75 Å². The van der Waals surface area contributed by atoms with Crippen LogP contribution in [0.2, 0.25) is 5.02 Å². The lowest BCUT2D eigenvalue weighted by Gasteiger charge is -2.08. The van der Waals surface area contributed by atoms with E-state index in [0.717, 1.165) is 5.56 Å². The number of nitrogens with one attached hydrogen (secondary N) is 1. The van der Waals surface area contributed by atoms with E-state index < -0.39 is 21.5 Å². The van der Waals surface area contributed by atoms with Crippen molar-refractivity contribution >= 4 is 43.8 Å². The molecule has 3 aromatic rings. The van der Waals surface area contributed by atoms with Gasteiger partial charge in [-0.1, -0.05) is 11.6 Å². The summed E-state index contributed by atoms with van der Waals surface area (Å²) in [4.78, 5) is 16.6. The van der Waals surface area contributed by atoms with E-state index in [0.29, 0.717) is 27.3 Å². The topological polar surface area (TPSA) is 94.6 Å². The SMILES string of the molecule is COc1ccc(-c2csc(NC(=O)CS(=O)(=O)c3ccc(Cl)cc3)n2)cc1OC. The lowest BCUT2D eigenvalue weighted by Crippen LogP contribution is -2.22. The lowest BCUT2D eigenvalue weighted by molar-refractivity contribution is -0.113. The molecule has 152 valence electrons. The number of hydrogen-bond acceptors (Lipinski definition) is 7. The molecule has 1 heterocycles. The number of ether oxygens (including phenoxy) is 2. The number of anilines is 1. The van der Waals surface area contributed by atoms with E-state index in [1.165, 1.54) is 42.7 Å². The molecule has 10 heteroatoms. The molecular formula is C19H17ClN2O5S2. The lowest BCUT2D eigenvalue weighted by atomic mass is 10.1. The fourth-order valence-corrected chi connectivity index (χ4v) is 4.51. The van der Waals surface area contributed by atoms with Gasteiger partial charge in [-0.2, -0.15) is 0 Å². The number of carbonyl (C=O) groups excluding carboxylic acids is 1. The van der Waals surface area contributed by atoms with Crippen LogP contribution in [0, 0.1) is 0 Å². The minimum Gasteiger partial charge on any atom is -0.493 e. The number of nitrogens with zero attached hydrogens (tertiary/aromatic N) is 1. The highest BCUT2D eigenvalue weighted by molar-refractivity contribution is 7.92. The molecule has 0 saturated heterocycles. The Hall–Kier alpha value is -2.62. The predicted molar refractivity (Wildman–Crippen MR) is 113 cm³/mol. The third-order valence-electron chi connectivity index (χ3n) is 3.92. The van der Waals surface area contributed by atoms with Gasteiger partial charge in [0.25, 0.3) is 0 Å². The number of hydrogen-bond donors (Lipinski definition) is 1. The minimum atomic E-state index is -3.78. The summed E-state index contributed by atoms with van der Waals surface area (Å²) >= 11 is 6.96. The van der Waals surface area contributed by atoms with E-state index in [4.69, 9.17) is 21.1 Å². The molecule has 0 radical (unpaired) electrons.